The Kier molecular flexibility index (Phi) is 5.34. The summed E-state index contributed by atoms with van der Waals surface area (Å²) in [4.78, 5) is 36.2. The third-order valence-electron chi connectivity index (χ3n) is 5.33. The van der Waals surface area contributed by atoms with Gasteiger partial charge in [0.1, 0.15) is 11.6 Å². The second kappa shape index (κ2) is 7.93. The number of carbonyl (C=O) groups excluding carboxylic acids is 1. The minimum Gasteiger partial charge on any atom is -0.336 e. The molecular weight excluding hydrogens is 395 g/mol. The molecule has 1 aromatic heterocycles. The number of para-hydroxylation sites is 1. The number of piperazine rings is 1. The molecule has 1 saturated heterocycles. The number of carbonyl (C=O) groups is 1. The van der Waals surface area contributed by atoms with E-state index in [2.05, 4.69) is 14.9 Å². The highest BCUT2D eigenvalue weighted by Crippen LogP contribution is 2.22. The Labute approximate surface area is 171 Å². The Morgan fingerprint density at radius 1 is 1.17 bits per heavy atom. The average molecular weight is 415 g/mol. The van der Waals surface area contributed by atoms with Crippen molar-refractivity contribution in [3.63, 3.8) is 0 Å². The van der Waals surface area contributed by atoms with Crippen LogP contribution < -0.4 is 5.56 Å². The monoisotopic (exact) mass is 414 g/mol. The number of hydrogen-bond donors (Lipinski definition) is 1. The van der Waals surface area contributed by atoms with Gasteiger partial charge in [0.2, 0.25) is 0 Å². The summed E-state index contributed by atoms with van der Waals surface area (Å²) in [6.07, 6.45) is 0. The van der Waals surface area contributed by atoms with E-state index in [9.17, 15) is 14.0 Å². The van der Waals surface area contributed by atoms with Crippen molar-refractivity contribution in [3.8, 4) is 0 Å². The fraction of sp³-hybridized carbons (Fsp3) is 0.286. The Bertz CT molecular complexity index is 1130. The van der Waals surface area contributed by atoms with E-state index in [0.717, 1.165) is 0 Å². The minimum atomic E-state index is -0.576. The van der Waals surface area contributed by atoms with Crippen molar-refractivity contribution in [2.24, 2.45) is 0 Å². The number of amides is 1. The maximum Gasteiger partial charge on any atom is 0.258 e. The summed E-state index contributed by atoms with van der Waals surface area (Å²) in [5.41, 5.74) is 0.477. The molecule has 2 aromatic carbocycles. The quantitative estimate of drug-likeness (QED) is 0.714. The predicted molar refractivity (Wildman–Crippen MR) is 110 cm³/mol. The molecule has 0 saturated carbocycles. The third-order valence-corrected chi connectivity index (χ3v) is 5.57. The first-order chi connectivity index (χ1) is 13.9. The van der Waals surface area contributed by atoms with Crippen LogP contribution in [0.3, 0.4) is 0 Å². The summed E-state index contributed by atoms with van der Waals surface area (Å²) in [5, 5.41) is 0.885. The Hall–Kier alpha value is -2.77. The molecular formula is C21H20ClFN4O2. The molecule has 6 nitrogen and oxygen atoms in total. The van der Waals surface area contributed by atoms with Gasteiger partial charge in [0.25, 0.3) is 11.5 Å². The van der Waals surface area contributed by atoms with Crippen molar-refractivity contribution < 1.29 is 9.18 Å². The highest BCUT2D eigenvalue weighted by Gasteiger charge is 2.28. The van der Waals surface area contributed by atoms with E-state index in [-0.39, 0.29) is 23.1 Å². The molecule has 4 rings (SSSR count). The summed E-state index contributed by atoms with van der Waals surface area (Å²) in [7, 11) is 0. The third kappa shape index (κ3) is 3.88. The molecule has 1 amide bonds. The smallest absolute Gasteiger partial charge is 0.258 e. The van der Waals surface area contributed by atoms with Gasteiger partial charge in [0.05, 0.1) is 22.5 Å². The van der Waals surface area contributed by atoms with Crippen LogP contribution in [0.15, 0.2) is 47.3 Å². The lowest BCUT2D eigenvalue weighted by atomic mass is 10.1. The molecule has 2 heterocycles. The van der Waals surface area contributed by atoms with Crippen LogP contribution in [0.5, 0.6) is 0 Å². The standard InChI is InChI=1S/C21H20ClFN4O2/c1-13(19-24-18-5-3-2-4-15(18)20(28)25-19)26-8-10-27(11-9-26)21(29)16-12-14(22)6-7-17(16)23/h2-7,12-13H,8-11H2,1H3,(H,24,25,28). The van der Waals surface area contributed by atoms with Gasteiger partial charge in [-0.25, -0.2) is 9.37 Å². The van der Waals surface area contributed by atoms with E-state index < -0.39 is 5.82 Å². The van der Waals surface area contributed by atoms with Crippen molar-refractivity contribution in [3.05, 3.63) is 75.0 Å². The van der Waals surface area contributed by atoms with Crippen molar-refractivity contribution >= 4 is 28.4 Å². The fourth-order valence-corrected chi connectivity index (χ4v) is 3.79. The number of aromatic amines is 1. The zero-order valence-corrected chi connectivity index (χ0v) is 16.6. The fourth-order valence-electron chi connectivity index (χ4n) is 3.62. The molecule has 1 atom stereocenters. The molecule has 8 heteroatoms. The van der Waals surface area contributed by atoms with Crippen LogP contribution >= 0.6 is 11.6 Å². The average Bonchev–Trinajstić information content (AvgIpc) is 2.74. The Balaban J connectivity index is 1.47. The van der Waals surface area contributed by atoms with Gasteiger partial charge < -0.3 is 9.88 Å². The number of nitrogens with one attached hydrogen (secondary N) is 1. The van der Waals surface area contributed by atoms with E-state index >= 15 is 0 Å². The van der Waals surface area contributed by atoms with Gasteiger partial charge in [0, 0.05) is 31.2 Å². The molecule has 1 N–H and O–H groups in total. The van der Waals surface area contributed by atoms with E-state index in [0.29, 0.717) is 47.9 Å². The number of hydrogen-bond acceptors (Lipinski definition) is 4. The summed E-state index contributed by atoms with van der Waals surface area (Å²) in [6.45, 7) is 4.05. The second-order valence-corrected chi connectivity index (χ2v) is 7.53. The molecule has 0 spiro atoms. The van der Waals surface area contributed by atoms with Gasteiger partial charge in [-0.15, -0.1) is 0 Å². The molecule has 1 aliphatic rings. The van der Waals surface area contributed by atoms with E-state index in [1.807, 2.05) is 19.1 Å². The zero-order valence-electron chi connectivity index (χ0n) is 15.9. The van der Waals surface area contributed by atoms with Gasteiger partial charge in [0.15, 0.2) is 0 Å². The first-order valence-electron chi connectivity index (χ1n) is 9.41. The number of benzene rings is 2. The van der Waals surface area contributed by atoms with Crippen LogP contribution in [0.4, 0.5) is 4.39 Å². The zero-order chi connectivity index (χ0) is 20.5. The Morgan fingerprint density at radius 3 is 2.66 bits per heavy atom. The molecule has 0 radical (unpaired) electrons. The SMILES string of the molecule is CC(c1nc2ccccc2c(=O)[nH]1)N1CCN(C(=O)c2cc(Cl)ccc2F)CC1. The van der Waals surface area contributed by atoms with E-state index in [4.69, 9.17) is 11.6 Å². The van der Waals surface area contributed by atoms with Gasteiger partial charge in [-0.2, -0.15) is 0 Å². The minimum absolute atomic E-state index is 0.0143. The number of rotatable bonds is 3. The lowest BCUT2D eigenvalue weighted by Gasteiger charge is -2.37. The van der Waals surface area contributed by atoms with Crippen LogP contribution in [-0.4, -0.2) is 51.9 Å². The molecule has 1 unspecified atom stereocenters. The van der Waals surface area contributed by atoms with Crippen molar-refractivity contribution in [2.75, 3.05) is 26.2 Å². The van der Waals surface area contributed by atoms with Gasteiger partial charge >= 0.3 is 0 Å². The molecule has 150 valence electrons. The highest BCUT2D eigenvalue weighted by molar-refractivity contribution is 6.31. The number of nitrogens with zero attached hydrogens (tertiary/aromatic N) is 3. The highest BCUT2D eigenvalue weighted by atomic mass is 35.5. The predicted octanol–water partition coefficient (Wildman–Crippen LogP) is 3.23. The second-order valence-electron chi connectivity index (χ2n) is 7.10. The molecule has 3 aromatic rings. The van der Waals surface area contributed by atoms with Gasteiger partial charge in [-0.1, -0.05) is 23.7 Å². The first kappa shape index (κ1) is 19.5. The summed E-state index contributed by atoms with van der Waals surface area (Å²) >= 11 is 5.91. The van der Waals surface area contributed by atoms with Crippen molar-refractivity contribution in [2.45, 2.75) is 13.0 Å². The van der Waals surface area contributed by atoms with Crippen LogP contribution in [0.1, 0.15) is 29.1 Å². The molecule has 0 aliphatic carbocycles. The number of halogens is 2. The molecule has 29 heavy (non-hydrogen) atoms. The van der Waals surface area contributed by atoms with Crippen LogP contribution in [0.2, 0.25) is 5.02 Å². The van der Waals surface area contributed by atoms with Gasteiger partial charge in [-0.3, -0.25) is 14.5 Å². The normalized spacial score (nSPS) is 16.2. The summed E-state index contributed by atoms with van der Waals surface area (Å²) in [6, 6.07) is 11.1. The van der Waals surface area contributed by atoms with Crippen LogP contribution in [0.25, 0.3) is 10.9 Å². The maximum absolute atomic E-state index is 14.0. The van der Waals surface area contributed by atoms with Crippen LogP contribution in [0, 0.1) is 5.82 Å². The molecule has 0 bridgehead atoms. The Morgan fingerprint density at radius 2 is 1.90 bits per heavy atom. The first-order valence-corrected chi connectivity index (χ1v) is 9.79. The lowest BCUT2D eigenvalue weighted by molar-refractivity contribution is 0.0571. The number of fused-ring (bicyclic) bond motifs is 1. The van der Waals surface area contributed by atoms with Crippen LogP contribution in [-0.2, 0) is 0 Å². The summed E-state index contributed by atoms with van der Waals surface area (Å²) in [5.74, 6) is -0.350. The van der Waals surface area contributed by atoms with Gasteiger partial charge in [-0.05, 0) is 37.3 Å². The van der Waals surface area contributed by atoms with E-state index in [1.165, 1.54) is 18.2 Å². The summed E-state index contributed by atoms with van der Waals surface area (Å²) < 4.78 is 14.0. The largest absolute Gasteiger partial charge is 0.336 e. The topological polar surface area (TPSA) is 69.3 Å². The maximum atomic E-state index is 14.0. The molecule has 1 aliphatic heterocycles. The van der Waals surface area contributed by atoms with Crippen molar-refractivity contribution in [1.29, 1.82) is 0 Å². The lowest BCUT2D eigenvalue weighted by Crippen LogP contribution is -2.49. The molecule has 1 fully saturated rings. The number of H-pyrrole nitrogens is 1. The van der Waals surface area contributed by atoms with Crippen molar-refractivity contribution in [1.82, 2.24) is 19.8 Å². The van der Waals surface area contributed by atoms with E-state index in [1.54, 1.807) is 17.0 Å². The number of aromatic nitrogens is 2.